The summed E-state index contributed by atoms with van der Waals surface area (Å²) in [7, 11) is 0. The minimum atomic E-state index is -0.917. The first-order valence-corrected chi connectivity index (χ1v) is 3.24. The summed E-state index contributed by atoms with van der Waals surface area (Å²) >= 11 is 0. The first kappa shape index (κ1) is 9.43. The van der Waals surface area contributed by atoms with Gasteiger partial charge in [-0.15, -0.1) is 0 Å². The summed E-state index contributed by atoms with van der Waals surface area (Å²) in [6.45, 7) is 7.00. The van der Waals surface area contributed by atoms with Gasteiger partial charge in [0.05, 0.1) is 12.0 Å². The second-order valence-electron chi connectivity index (χ2n) is 2.84. The molecule has 1 amide bonds. The molecule has 2 N–H and O–H groups in total. The van der Waals surface area contributed by atoms with Crippen LogP contribution in [0.25, 0.3) is 0 Å². The summed E-state index contributed by atoms with van der Waals surface area (Å²) in [5.41, 5.74) is -0.917. The second-order valence-corrected chi connectivity index (χ2v) is 2.84. The van der Waals surface area contributed by atoms with Gasteiger partial charge >= 0.3 is 0 Å². The highest BCUT2D eigenvalue weighted by Crippen LogP contribution is 2.05. The summed E-state index contributed by atoms with van der Waals surface area (Å²) in [6, 6.07) is 0. The monoisotopic (exact) mass is 144 g/mol. The van der Waals surface area contributed by atoms with Crippen LogP contribution in [0.2, 0.25) is 0 Å². The van der Waals surface area contributed by atoms with Crippen LogP contribution in [0.3, 0.4) is 0 Å². The van der Waals surface area contributed by atoms with Crippen molar-refractivity contribution in [3.8, 4) is 0 Å². The van der Waals surface area contributed by atoms with Crippen LogP contribution < -0.4 is 5.32 Å². The van der Waals surface area contributed by atoms with Gasteiger partial charge in [0.2, 0.25) is 5.91 Å². The lowest BCUT2D eigenvalue weighted by Gasteiger charge is -2.15. The van der Waals surface area contributed by atoms with Gasteiger partial charge in [-0.3, -0.25) is 4.79 Å². The Morgan fingerprint density at radius 1 is 1.70 bits per heavy atom. The van der Waals surface area contributed by atoms with Gasteiger partial charge in [0.15, 0.2) is 0 Å². The van der Waals surface area contributed by atoms with Crippen LogP contribution in [0.5, 0.6) is 0 Å². The molecule has 0 fully saturated rings. The highest BCUT2D eigenvalue weighted by molar-refractivity contribution is 5.76. The molecule has 10 heavy (non-hydrogen) atoms. The lowest BCUT2D eigenvalue weighted by Crippen LogP contribution is -2.31. The first-order valence-electron chi connectivity index (χ1n) is 3.24. The number of rotatable bonds is 3. The quantitative estimate of drug-likeness (QED) is 0.590. The van der Waals surface area contributed by atoms with Crippen LogP contribution in [0.1, 0.15) is 20.3 Å². The van der Waals surface area contributed by atoms with Crippen molar-refractivity contribution < 1.29 is 9.90 Å². The minimum absolute atomic E-state index is 0.127. The number of hydrogen-bond donors (Lipinski definition) is 2. The molecule has 0 saturated carbocycles. The molecular weight excluding hydrogens is 130 g/mol. The van der Waals surface area contributed by atoms with Gasteiger partial charge in [-0.1, -0.05) is 0 Å². The molecule has 0 aliphatic carbocycles. The molecule has 0 aromatic carbocycles. The maximum atomic E-state index is 10.7. The highest BCUT2D eigenvalue weighted by Gasteiger charge is 2.16. The van der Waals surface area contributed by atoms with Crippen LogP contribution in [0.15, 0.2) is 0 Å². The third kappa shape index (κ3) is 5.56. The summed E-state index contributed by atoms with van der Waals surface area (Å²) in [6.07, 6.45) is 0.127. The SMILES string of the molecule is [CH2]CNC(=O)CC(C)(C)O. The third-order valence-corrected chi connectivity index (χ3v) is 0.915. The van der Waals surface area contributed by atoms with E-state index in [1.807, 2.05) is 0 Å². The molecule has 0 bridgehead atoms. The van der Waals surface area contributed by atoms with Crippen molar-refractivity contribution in [1.29, 1.82) is 0 Å². The van der Waals surface area contributed by atoms with Crippen LogP contribution in [0, 0.1) is 6.92 Å². The average Bonchev–Trinajstić information content (AvgIpc) is 1.59. The van der Waals surface area contributed by atoms with E-state index in [-0.39, 0.29) is 12.3 Å². The van der Waals surface area contributed by atoms with E-state index in [0.717, 1.165) is 0 Å². The fraction of sp³-hybridized carbons (Fsp3) is 0.714. The molecule has 0 atom stereocenters. The molecule has 0 unspecified atom stereocenters. The fourth-order valence-corrected chi connectivity index (χ4v) is 0.595. The third-order valence-electron chi connectivity index (χ3n) is 0.915. The van der Waals surface area contributed by atoms with E-state index in [9.17, 15) is 4.79 Å². The first-order chi connectivity index (χ1) is 4.45. The van der Waals surface area contributed by atoms with Crippen molar-refractivity contribution in [2.75, 3.05) is 6.54 Å². The van der Waals surface area contributed by atoms with Crippen molar-refractivity contribution in [2.45, 2.75) is 25.9 Å². The maximum absolute atomic E-state index is 10.7. The van der Waals surface area contributed by atoms with Gasteiger partial charge in [-0.05, 0) is 20.8 Å². The van der Waals surface area contributed by atoms with Gasteiger partial charge in [-0.2, -0.15) is 0 Å². The molecule has 0 aliphatic rings. The normalized spacial score (nSPS) is 11.2. The van der Waals surface area contributed by atoms with Gasteiger partial charge in [0.25, 0.3) is 0 Å². The average molecular weight is 144 g/mol. The Labute approximate surface area is 61.4 Å². The van der Waals surface area contributed by atoms with Crippen molar-refractivity contribution in [3.05, 3.63) is 6.92 Å². The van der Waals surface area contributed by atoms with Crippen molar-refractivity contribution in [2.24, 2.45) is 0 Å². The van der Waals surface area contributed by atoms with Crippen LogP contribution >= 0.6 is 0 Å². The molecule has 0 spiro atoms. The number of aliphatic hydroxyl groups is 1. The Morgan fingerprint density at radius 3 is 2.50 bits per heavy atom. The van der Waals surface area contributed by atoms with E-state index in [2.05, 4.69) is 12.2 Å². The molecule has 0 aliphatic heterocycles. The lowest BCUT2D eigenvalue weighted by atomic mass is 10.1. The number of carbonyl (C=O) groups is 1. The molecule has 59 valence electrons. The van der Waals surface area contributed by atoms with E-state index in [1.165, 1.54) is 0 Å². The number of hydrogen-bond acceptors (Lipinski definition) is 2. The van der Waals surface area contributed by atoms with Gasteiger partial charge in [-0.25, -0.2) is 0 Å². The molecule has 1 radical (unpaired) electrons. The van der Waals surface area contributed by atoms with Gasteiger partial charge in [0.1, 0.15) is 0 Å². The van der Waals surface area contributed by atoms with E-state index >= 15 is 0 Å². The standard InChI is InChI=1S/C7H14NO2/c1-4-8-6(9)5-7(2,3)10/h10H,1,4-5H2,2-3H3,(H,8,9). The van der Waals surface area contributed by atoms with E-state index in [4.69, 9.17) is 5.11 Å². The molecule has 3 heteroatoms. The number of carbonyl (C=O) groups excluding carboxylic acids is 1. The lowest BCUT2D eigenvalue weighted by molar-refractivity contribution is -0.124. The predicted molar refractivity (Wildman–Crippen MR) is 39.3 cm³/mol. The Balaban J connectivity index is 3.58. The van der Waals surface area contributed by atoms with Crippen LogP contribution in [0.4, 0.5) is 0 Å². The maximum Gasteiger partial charge on any atom is 0.222 e. The van der Waals surface area contributed by atoms with Crippen LogP contribution in [-0.4, -0.2) is 23.2 Å². The van der Waals surface area contributed by atoms with E-state index in [0.29, 0.717) is 6.54 Å². The van der Waals surface area contributed by atoms with E-state index in [1.54, 1.807) is 13.8 Å². The Hall–Kier alpha value is -0.570. The summed E-state index contributed by atoms with van der Waals surface area (Å²) in [4.78, 5) is 10.7. The van der Waals surface area contributed by atoms with E-state index < -0.39 is 5.60 Å². The summed E-state index contributed by atoms with van der Waals surface area (Å²) < 4.78 is 0. The Morgan fingerprint density at radius 2 is 2.20 bits per heavy atom. The summed E-state index contributed by atoms with van der Waals surface area (Å²) in [5.74, 6) is -0.164. The smallest absolute Gasteiger partial charge is 0.222 e. The van der Waals surface area contributed by atoms with Crippen molar-refractivity contribution >= 4 is 5.91 Å². The topological polar surface area (TPSA) is 49.3 Å². The summed E-state index contributed by atoms with van der Waals surface area (Å²) in [5, 5.41) is 11.6. The minimum Gasteiger partial charge on any atom is -0.390 e. The zero-order valence-electron chi connectivity index (χ0n) is 6.48. The second kappa shape index (κ2) is 3.56. The fourth-order valence-electron chi connectivity index (χ4n) is 0.595. The molecular formula is C7H14NO2. The van der Waals surface area contributed by atoms with Crippen LogP contribution in [-0.2, 0) is 4.79 Å². The van der Waals surface area contributed by atoms with Crippen molar-refractivity contribution in [1.82, 2.24) is 5.32 Å². The molecule has 0 rings (SSSR count). The van der Waals surface area contributed by atoms with Gasteiger partial charge in [0, 0.05) is 6.54 Å². The number of nitrogens with one attached hydrogen (secondary N) is 1. The largest absolute Gasteiger partial charge is 0.390 e. The molecule has 0 aromatic heterocycles. The zero-order chi connectivity index (χ0) is 8.20. The molecule has 0 aromatic rings. The zero-order valence-corrected chi connectivity index (χ0v) is 6.48. The van der Waals surface area contributed by atoms with Gasteiger partial charge < -0.3 is 10.4 Å². The molecule has 0 saturated heterocycles. The number of amides is 1. The van der Waals surface area contributed by atoms with Crippen molar-refractivity contribution in [3.63, 3.8) is 0 Å². The Bertz CT molecular complexity index is 115. The molecule has 0 heterocycles. The Kier molecular flexibility index (Phi) is 3.36. The molecule has 3 nitrogen and oxygen atoms in total. The predicted octanol–water partition coefficient (Wildman–Crippen LogP) is 0.0977. The highest BCUT2D eigenvalue weighted by atomic mass is 16.3.